The Balaban J connectivity index is 1.87. The number of rotatable bonds is 5. The van der Waals surface area contributed by atoms with Gasteiger partial charge in [0.05, 0.1) is 6.20 Å². The third-order valence-electron chi connectivity index (χ3n) is 2.34. The number of amides is 1. The van der Waals surface area contributed by atoms with Crippen molar-refractivity contribution < 1.29 is 22.8 Å². The molecule has 0 aliphatic carbocycles. The highest BCUT2D eigenvalue weighted by Crippen LogP contribution is 2.15. The van der Waals surface area contributed by atoms with E-state index in [0.717, 1.165) is 5.56 Å². The Bertz CT molecular complexity index is 598. The summed E-state index contributed by atoms with van der Waals surface area (Å²) in [5.41, 5.74) is 3.06. The molecule has 1 N–H and O–H groups in total. The Kier molecular flexibility index (Phi) is 4.53. The molecule has 9 heteroatoms. The maximum absolute atomic E-state index is 11.8. The summed E-state index contributed by atoms with van der Waals surface area (Å²) in [5.74, 6) is -0.760. The normalized spacial score (nSPS) is 11.4. The first-order valence-electron chi connectivity index (χ1n) is 5.87. The molecule has 112 valence electrons. The van der Waals surface area contributed by atoms with Gasteiger partial charge in [-0.2, -0.15) is 13.2 Å². The van der Waals surface area contributed by atoms with E-state index in [9.17, 15) is 18.0 Å². The van der Waals surface area contributed by atoms with Crippen LogP contribution in [0.4, 0.5) is 13.2 Å². The van der Waals surface area contributed by atoms with Crippen molar-refractivity contribution in [1.29, 1.82) is 0 Å². The lowest BCUT2D eigenvalue weighted by Crippen LogP contribution is -2.32. The van der Waals surface area contributed by atoms with Crippen molar-refractivity contribution >= 4 is 5.91 Å². The van der Waals surface area contributed by atoms with Gasteiger partial charge in [-0.1, -0.05) is 35.5 Å². The van der Waals surface area contributed by atoms with Gasteiger partial charge >= 0.3 is 6.18 Å². The largest absolute Gasteiger partial charge is 0.414 e. The van der Waals surface area contributed by atoms with Gasteiger partial charge in [-0.15, -0.1) is 5.10 Å². The van der Waals surface area contributed by atoms with Gasteiger partial charge < -0.3 is 0 Å². The molecule has 0 aliphatic rings. The summed E-state index contributed by atoms with van der Waals surface area (Å²) in [7, 11) is 0. The Morgan fingerprint density at radius 3 is 2.67 bits per heavy atom. The number of nitrogens with one attached hydrogen (secondary N) is 1. The molecule has 2 rings (SSSR count). The number of halogens is 3. The highest BCUT2D eigenvalue weighted by Gasteiger charge is 2.28. The molecule has 6 nitrogen and oxygen atoms in total. The van der Waals surface area contributed by atoms with E-state index in [1.807, 2.05) is 30.3 Å². The van der Waals surface area contributed by atoms with Crippen molar-refractivity contribution in [2.75, 3.05) is 6.61 Å². The molecule has 0 aliphatic heterocycles. The van der Waals surface area contributed by atoms with Crippen molar-refractivity contribution in [2.45, 2.75) is 12.7 Å². The second-order valence-electron chi connectivity index (χ2n) is 4.10. The number of carbonyl (C=O) groups excluding carboxylic acids is 1. The summed E-state index contributed by atoms with van der Waals surface area (Å²) in [6.45, 7) is -1.84. The van der Waals surface area contributed by atoms with E-state index in [-0.39, 0.29) is 6.54 Å². The fourth-order valence-electron chi connectivity index (χ4n) is 1.49. The van der Waals surface area contributed by atoms with Crippen molar-refractivity contribution in [3.05, 3.63) is 36.5 Å². The van der Waals surface area contributed by atoms with Crippen LogP contribution in [0.1, 0.15) is 0 Å². The minimum absolute atomic E-state index is 0.294. The van der Waals surface area contributed by atoms with Gasteiger partial charge in [0, 0.05) is 5.56 Å². The van der Waals surface area contributed by atoms with E-state index in [1.165, 1.54) is 10.9 Å². The summed E-state index contributed by atoms with van der Waals surface area (Å²) in [6, 6.07) is 9.14. The van der Waals surface area contributed by atoms with Crippen LogP contribution in [0.15, 0.2) is 36.5 Å². The van der Waals surface area contributed by atoms with Crippen LogP contribution in [0.5, 0.6) is 0 Å². The maximum Gasteiger partial charge on any atom is 0.414 e. The van der Waals surface area contributed by atoms with Gasteiger partial charge in [-0.05, 0) is 0 Å². The SMILES string of the molecule is O=C(Cn1cc(-c2ccccc2)nn1)NOCC(F)(F)F. The molecule has 0 fully saturated rings. The van der Waals surface area contributed by atoms with Crippen LogP contribution in [0, 0.1) is 0 Å². The summed E-state index contributed by atoms with van der Waals surface area (Å²) in [5, 5.41) is 7.59. The van der Waals surface area contributed by atoms with Crippen LogP contribution >= 0.6 is 0 Å². The smallest absolute Gasteiger partial charge is 0.271 e. The third kappa shape index (κ3) is 4.88. The lowest BCUT2D eigenvalue weighted by Gasteiger charge is -2.07. The molecule has 1 heterocycles. The molecule has 0 radical (unpaired) electrons. The third-order valence-corrected chi connectivity index (χ3v) is 2.34. The van der Waals surface area contributed by atoms with Gasteiger partial charge in [0.15, 0.2) is 6.61 Å². The van der Waals surface area contributed by atoms with E-state index < -0.39 is 18.7 Å². The first-order chi connectivity index (χ1) is 9.94. The molecule has 0 atom stereocenters. The molecule has 0 bridgehead atoms. The Morgan fingerprint density at radius 1 is 1.29 bits per heavy atom. The lowest BCUT2D eigenvalue weighted by atomic mass is 10.2. The van der Waals surface area contributed by atoms with E-state index in [0.29, 0.717) is 5.69 Å². The van der Waals surface area contributed by atoms with Gasteiger partial charge in [0.1, 0.15) is 12.2 Å². The molecule has 1 aromatic heterocycles. The Hall–Kier alpha value is -2.42. The topological polar surface area (TPSA) is 69.0 Å². The van der Waals surface area contributed by atoms with Crippen molar-refractivity contribution in [3.8, 4) is 11.3 Å². The molecule has 1 aromatic carbocycles. The van der Waals surface area contributed by atoms with Crippen LogP contribution in [0.2, 0.25) is 0 Å². The zero-order valence-electron chi connectivity index (χ0n) is 10.7. The number of alkyl halides is 3. The Morgan fingerprint density at radius 2 is 2.00 bits per heavy atom. The van der Waals surface area contributed by atoms with Crippen LogP contribution < -0.4 is 5.48 Å². The van der Waals surface area contributed by atoms with Crippen LogP contribution in [0.25, 0.3) is 11.3 Å². The zero-order chi connectivity index (χ0) is 15.3. The van der Waals surface area contributed by atoms with E-state index in [1.54, 1.807) is 5.48 Å². The van der Waals surface area contributed by atoms with Crippen LogP contribution in [0.3, 0.4) is 0 Å². The monoisotopic (exact) mass is 300 g/mol. The van der Waals surface area contributed by atoms with Gasteiger partial charge in [-0.3, -0.25) is 9.63 Å². The molecule has 0 spiro atoms. The summed E-state index contributed by atoms with van der Waals surface area (Å²) >= 11 is 0. The molecule has 2 aromatic rings. The molecule has 0 saturated carbocycles. The zero-order valence-corrected chi connectivity index (χ0v) is 10.7. The highest BCUT2D eigenvalue weighted by atomic mass is 19.4. The average molecular weight is 300 g/mol. The minimum atomic E-state index is -4.50. The van der Waals surface area contributed by atoms with E-state index in [2.05, 4.69) is 15.1 Å². The predicted octanol–water partition coefficient (Wildman–Crippen LogP) is 1.56. The van der Waals surface area contributed by atoms with Crippen molar-refractivity contribution in [2.24, 2.45) is 0 Å². The second-order valence-corrected chi connectivity index (χ2v) is 4.10. The number of benzene rings is 1. The Labute approximate surface area is 117 Å². The number of hydrogen-bond donors (Lipinski definition) is 1. The first kappa shape index (κ1) is 15.0. The number of hydrogen-bond acceptors (Lipinski definition) is 4. The molecule has 0 saturated heterocycles. The molecular formula is C12H11F3N4O2. The summed E-state index contributed by atoms with van der Waals surface area (Å²) in [6.07, 6.45) is -2.99. The van der Waals surface area contributed by atoms with Crippen molar-refractivity contribution in [1.82, 2.24) is 20.5 Å². The maximum atomic E-state index is 11.8. The highest BCUT2D eigenvalue weighted by molar-refractivity contribution is 5.74. The molecular weight excluding hydrogens is 289 g/mol. The molecule has 1 amide bonds. The fraction of sp³-hybridized carbons (Fsp3) is 0.250. The standard InChI is InChI=1S/C12H11F3N4O2/c13-12(14,15)8-21-17-11(20)7-19-6-10(16-18-19)9-4-2-1-3-5-9/h1-6H,7-8H2,(H,17,20). The number of hydroxylamine groups is 1. The number of carbonyl (C=O) groups is 1. The van der Waals surface area contributed by atoms with E-state index in [4.69, 9.17) is 0 Å². The summed E-state index contributed by atoms with van der Waals surface area (Å²) < 4.78 is 36.7. The fourth-order valence-corrected chi connectivity index (χ4v) is 1.49. The van der Waals surface area contributed by atoms with Crippen LogP contribution in [-0.2, 0) is 16.2 Å². The molecule has 21 heavy (non-hydrogen) atoms. The minimum Gasteiger partial charge on any atom is -0.271 e. The van der Waals surface area contributed by atoms with Crippen LogP contribution in [-0.4, -0.2) is 33.7 Å². The number of aromatic nitrogens is 3. The van der Waals surface area contributed by atoms with Gasteiger partial charge in [-0.25, -0.2) is 10.2 Å². The summed E-state index contributed by atoms with van der Waals surface area (Å²) in [4.78, 5) is 15.4. The van der Waals surface area contributed by atoms with Gasteiger partial charge in [0.25, 0.3) is 5.91 Å². The van der Waals surface area contributed by atoms with Gasteiger partial charge in [0.2, 0.25) is 0 Å². The first-order valence-corrected chi connectivity index (χ1v) is 5.87. The quantitative estimate of drug-likeness (QED) is 0.851. The predicted molar refractivity (Wildman–Crippen MR) is 65.6 cm³/mol. The van der Waals surface area contributed by atoms with Crippen molar-refractivity contribution in [3.63, 3.8) is 0 Å². The molecule has 0 unspecified atom stereocenters. The average Bonchev–Trinajstić information content (AvgIpc) is 2.86. The number of nitrogens with zero attached hydrogens (tertiary/aromatic N) is 3. The second kappa shape index (κ2) is 6.35. The lowest BCUT2D eigenvalue weighted by molar-refractivity contribution is -0.191. The van der Waals surface area contributed by atoms with E-state index >= 15 is 0 Å².